The molecular formula is C19H32N2O4. The smallest absolute Gasteiger partial charge is 0.256 e. The summed E-state index contributed by atoms with van der Waals surface area (Å²) < 4.78 is 16.5. The van der Waals surface area contributed by atoms with Crippen molar-refractivity contribution in [3.05, 3.63) is 17.8 Å². The second-order valence-corrected chi connectivity index (χ2v) is 6.05. The molecule has 1 atom stereocenters. The zero-order chi connectivity index (χ0) is 18.7. The van der Waals surface area contributed by atoms with Crippen molar-refractivity contribution in [1.82, 2.24) is 4.98 Å². The van der Waals surface area contributed by atoms with Gasteiger partial charge in [0, 0.05) is 19.3 Å². The molecule has 1 rings (SSSR count). The second kappa shape index (κ2) is 11.1. The number of carbonyl (C=O) groups excluding carboxylic acids is 1. The zero-order valence-corrected chi connectivity index (χ0v) is 16.2. The Morgan fingerprint density at radius 2 is 1.96 bits per heavy atom. The number of ether oxygens (including phenoxy) is 3. The average molecular weight is 352 g/mol. The van der Waals surface area contributed by atoms with E-state index in [0.717, 1.165) is 12.8 Å². The van der Waals surface area contributed by atoms with Crippen LogP contribution in [-0.2, 0) is 14.3 Å². The third kappa shape index (κ3) is 7.00. The first-order valence-electron chi connectivity index (χ1n) is 9.10. The van der Waals surface area contributed by atoms with E-state index in [1.54, 1.807) is 6.07 Å². The quantitative estimate of drug-likeness (QED) is 0.581. The number of nitrogens with zero attached hydrogens (tertiary/aromatic N) is 1. The summed E-state index contributed by atoms with van der Waals surface area (Å²) in [6.45, 7) is 11.8. The summed E-state index contributed by atoms with van der Waals surface area (Å²) in [5.41, 5.74) is 0.547. The molecule has 25 heavy (non-hydrogen) atoms. The van der Waals surface area contributed by atoms with Crippen LogP contribution in [0.5, 0.6) is 5.88 Å². The SMILES string of the molecule is CCCC[C@](C)(OCC)C(=O)Nc1ccc(OCCOCC)nc1C. The molecule has 0 saturated carbocycles. The van der Waals surface area contributed by atoms with Gasteiger partial charge < -0.3 is 19.5 Å². The van der Waals surface area contributed by atoms with Gasteiger partial charge in [0.1, 0.15) is 12.2 Å². The molecule has 1 aromatic heterocycles. The Kier molecular flexibility index (Phi) is 9.45. The predicted molar refractivity (Wildman–Crippen MR) is 99.1 cm³/mol. The number of unbranched alkanes of at least 4 members (excludes halogenated alkanes) is 1. The van der Waals surface area contributed by atoms with Gasteiger partial charge >= 0.3 is 0 Å². The third-order valence-electron chi connectivity index (χ3n) is 3.94. The molecule has 0 radical (unpaired) electrons. The van der Waals surface area contributed by atoms with Crippen LogP contribution in [0.25, 0.3) is 0 Å². The number of nitrogens with one attached hydrogen (secondary N) is 1. The van der Waals surface area contributed by atoms with E-state index in [0.29, 0.717) is 50.1 Å². The van der Waals surface area contributed by atoms with Gasteiger partial charge in [-0.3, -0.25) is 4.79 Å². The molecule has 0 spiro atoms. The Bertz CT molecular complexity index is 536. The summed E-state index contributed by atoms with van der Waals surface area (Å²) in [7, 11) is 0. The highest BCUT2D eigenvalue weighted by atomic mass is 16.5. The summed E-state index contributed by atoms with van der Waals surface area (Å²) in [4.78, 5) is 17.1. The summed E-state index contributed by atoms with van der Waals surface area (Å²) in [6.07, 6.45) is 2.65. The molecule has 142 valence electrons. The number of hydrogen-bond acceptors (Lipinski definition) is 5. The van der Waals surface area contributed by atoms with E-state index in [-0.39, 0.29) is 5.91 Å². The van der Waals surface area contributed by atoms with Crippen LogP contribution >= 0.6 is 0 Å². The molecule has 1 amide bonds. The Morgan fingerprint density at radius 3 is 2.56 bits per heavy atom. The molecule has 6 heteroatoms. The summed E-state index contributed by atoms with van der Waals surface area (Å²) >= 11 is 0. The lowest BCUT2D eigenvalue weighted by molar-refractivity contribution is -0.139. The lowest BCUT2D eigenvalue weighted by atomic mass is 9.97. The number of amides is 1. The van der Waals surface area contributed by atoms with Crippen LogP contribution in [0.1, 0.15) is 52.7 Å². The molecule has 0 bridgehead atoms. The molecular weight excluding hydrogens is 320 g/mol. The van der Waals surface area contributed by atoms with Crippen LogP contribution in [0.2, 0.25) is 0 Å². The van der Waals surface area contributed by atoms with Gasteiger partial charge in [0.25, 0.3) is 5.91 Å². The molecule has 0 saturated heterocycles. The summed E-state index contributed by atoms with van der Waals surface area (Å²) in [5, 5.41) is 2.94. The number of rotatable bonds is 12. The number of hydrogen-bond donors (Lipinski definition) is 1. The maximum absolute atomic E-state index is 12.7. The largest absolute Gasteiger partial charge is 0.475 e. The standard InChI is InChI=1S/C19H32N2O4/c1-6-9-12-19(5,25-8-3)18(22)21-16-10-11-17(20-15(16)4)24-14-13-23-7-2/h10-11H,6-9,12-14H2,1-5H3,(H,21,22)/t19-/m0/s1. The zero-order valence-electron chi connectivity index (χ0n) is 16.2. The Morgan fingerprint density at radius 1 is 1.20 bits per heavy atom. The van der Waals surface area contributed by atoms with Crippen molar-refractivity contribution in [1.29, 1.82) is 0 Å². The molecule has 0 aliphatic heterocycles. The van der Waals surface area contributed by atoms with Gasteiger partial charge in [-0.25, -0.2) is 4.98 Å². The van der Waals surface area contributed by atoms with Crippen LogP contribution in [-0.4, -0.2) is 42.9 Å². The Balaban J connectivity index is 2.72. The molecule has 1 aromatic rings. The number of anilines is 1. The topological polar surface area (TPSA) is 69.7 Å². The van der Waals surface area contributed by atoms with Gasteiger partial charge in [-0.2, -0.15) is 0 Å². The van der Waals surface area contributed by atoms with Crippen molar-refractivity contribution in [2.45, 2.75) is 59.5 Å². The number of aromatic nitrogens is 1. The highest BCUT2D eigenvalue weighted by Gasteiger charge is 2.33. The van der Waals surface area contributed by atoms with E-state index in [1.807, 2.05) is 33.8 Å². The average Bonchev–Trinajstić information content (AvgIpc) is 2.59. The minimum Gasteiger partial charge on any atom is -0.475 e. The molecule has 0 aromatic carbocycles. The lowest BCUT2D eigenvalue weighted by Crippen LogP contribution is -2.43. The summed E-state index contributed by atoms with van der Waals surface area (Å²) in [5.74, 6) is 0.381. The lowest BCUT2D eigenvalue weighted by Gasteiger charge is -2.28. The number of pyridine rings is 1. The first-order valence-corrected chi connectivity index (χ1v) is 9.10. The van der Waals surface area contributed by atoms with Crippen molar-refractivity contribution in [3.8, 4) is 5.88 Å². The van der Waals surface area contributed by atoms with Crippen molar-refractivity contribution in [2.24, 2.45) is 0 Å². The van der Waals surface area contributed by atoms with Crippen LogP contribution in [0.3, 0.4) is 0 Å². The van der Waals surface area contributed by atoms with Gasteiger partial charge in [0.2, 0.25) is 5.88 Å². The van der Waals surface area contributed by atoms with Crippen LogP contribution in [0, 0.1) is 6.92 Å². The van der Waals surface area contributed by atoms with E-state index >= 15 is 0 Å². The highest BCUT2D eigenvalue weighted by Crippen LogP contribution is 2.23. The van der Waals surface area contributed by atoms with E-state index in [2.05, 4.69) is 17.2 Å². The third-order valence-corrected chi connectivity index (χ3v) is 3.94. The van der Waals surface area contributed by atoms with Gasteiger partial charge in [-0.15, -0.1) is 0 Å². The maximum atomic E-state index is 12.7. The van der Waals surface area contributed by atoms with Gasteiger partial charge in [0.15, 0.2) is 0 Å². The predicted octanol–water partition coefficient (Wildman–Crippen LogP) is 3.73. The fourth-order valence-electron chi connectivity index (χ4n) is 2.44. The van der Waals surface area contributed by atoms with Crippen molar-refractivity contribution in [3.63, 3.8) is 0 Å². The first kappa shape index (κ1) is 21.4. The van der Waals surface area contributed by atoms with Gasteiger partial charge in [0.05, 0.1) is 18.0 Å². The van der Waals surface area contributed by atoms with Crippen molar-refractivity contribution < 1.29 is 19.0 Å². The second-order valence-electron chi connectivity index (χ2n) is 6.05. The highest BCUT2D eigenvalue weighted by molar-refractivity contribution is 5.97. The fraction of sp³-hybridized carbons (Fsp3) is 0.684. The number of aryl methyl sites for hydroxylation is 1. The molecule has 0 unspecified atom stereocenters. The normalized spacial score (nSPS) is 13.3. The Labute approximate surface area is 151 Å². The van der Waals surface area contributed by atoms with E-state index in [4.69, 9.17) is 14.2 Å². The van der Waals surface area contributed by atoms with Gasteiger partial charge in [-0.05, 0) is 40.2 Å². The Hall–Kier alpha value is -1.66. The molecule has 1 N–H and O–H groups in total. The van der Waals surface area contributed by atoms with Crippen LogP contribution in [0.15, 0.2) is 12.1 Å². The van der Waals surface area contributed by atoms with E-state index < -0.39 is 5.60 Å². The first-order chi connectivity index (χ1) is 12.0. The van der Waals surface area contributed by atoms with E-state index in [1.165, 1.54) is 0 Å². The van der Waals surface area contributed by atoms with E-state index in [9.17, 15) is 4.79 Å². The maximum Gasteiger partial charge on any atom is 0.256 e. The van der Waals surface area contributed by atoms with Crippen molar-refractivity contribution in [2.75, 3.05) is 31.7 Å². The molecule has 0 aliphatic carbocycles. The summed E-state index contributed by atoms with van der Waals surface area (Å²) in [6, 6.07) is 3.56. The molecule has 1 heterocycles. The number of carbonyl (C=O) groups is 1. The molecule has 6 nitrogen and oxygen atoms in total. The van der Waals surface area contributed by atoms with Crippen molar-refractivity contribution >= 4 is 11.6 Å². The van der Waals surface area contributed by atoms with Gasteiger partial charge in [-0.1, -0.05) is 19.8 Å². The molecule has 0 fully saturated rings. The molecule has 0 aliphatic rings. The fourth-order valence-corrected chi connectivity index (χ4v) is 2.44. The monoisotopic (exact) mass is 352 g/mol. The minimum absolute atomic E-state index is 0.141. The minimum atomic E-state index is -0.830. The van der Waals surface area contributed by atoms with Crippen LogP contribution in [0.4, 0.5) is 5.69 Å². The van der Waals surface area contributed by atoms with Crippen LogP contribution < -0.4 is 10.1 Å².